The SMILES string of the molecule is CCCCCCCCCCCCCCCCCCOc1cc2ccc1o2. The van der Waals surface area contributed by atoms with E-state index < -0.39 is 0 Å². The van der Waals surface area contributed by atoms with Gasteiger partial charge in [0.05, 0.1) is 6.61 Å². The number of rotatable bonds is 18. The Bertz CT molecular complexity index is 530. The minimum absolute atomic E-state index is 0.818. The van der Waals surface area contributed by atoms with E-state index in [0.717, 1.165) is 29.9 Å². The Morgan fingerprint density at radius 1 is 0.654 bits per heavy atom. The molecule has 2 heterocycles. The van der Waals surface area contributed by atoms with Crippen LogP contribution in [0.5, 0.6) is 5.75 Å². The topological polar surface area (TPSA) is 22.4 Å². The lowest BCUT2D eigenvalue weighted by molar-refractivity contribution is 0.306. The highest BCUT2D eigenvalue weighted by Gasteiger charge is 2.07. The van der Waals surface area contributed by atoms with Crippen molar-refractivity contribution in [1.82, 2.24) is 0 Å². The van der Waals surface area contributed by atoms with Crippen molar-refractivity contribution in [3.63, 3.8) is 0 Å². The molecule has 0 aliphatic heterocycles. The van der Waals surface area contributed by atoms with Gasteiger partial charge in [0.25, 0.3) is 0 Å². The molecule has 0 unspecified atom stereocenters. The molecule has 26 heavy (non-hydrogen) atoms. The van der Waals surface area contributed by atoms with Crippen molar-refractivity contribution in [3.05, 3.63) is 18.2 Å². The predicted molar refractivity (Wildman–Crippen MR) is 112 cm³/mol. The number of hydrogen-bond donors (Lipinski definition) is 0. The van der Waals surface area contributed by atoms with Crippen LogP contribution in [0.2, 0.25) is 0 Å². The molecule has 0 fully saturated rings. The van der Waals surface area contributed by atoms with Crippen LogP contribution in [0.3, 0.4) is 0 Å². The monoisotopic (exact) mass is 360 g/mol. The second-order valence-corrected chi connectivity index (χ2v) is 7.86. The van der Waals surface area contributed by atoms with Crippen molar-refractivity contribution in [1.29, 1.82) is 0 Å². The van der Waals surface area contributed by atoms with Crippen LogP contribution >= 0.6 is 0 Å². The van der Waals surface area contributed by atoms with E-state index in [1.807, 2.05) is 18.2 Å². The Hall–Kier alpha value is -1.18. The molecule has 2 aromatic rings. The Kier molecular flexibility index (Phi) is 11.3. The van der Waals surface area contributed by atoms with E-state index in [2.05, 4.69) is 6.92 Å². The molecule has 2 rings (SSSR count). The summed E-state index contributed by atoms with van der Waals surface area (Å²) in [6, 6.07) is 5.96. The van der Waals surface area contributed by atoms with Crippen LogP contribution in [-0.2, 0) is 0 Å². The first kappa shape index (κ1) is 21.1. The lowest BCUT2D eigenvalue weighted by Gasteiger charge is -2.05. The van der Waals surface area contributed by atoms with Crippen LogP contribution in [0.4, 0.5) is 0 Å². The van der Waals surface area contributed by atoms with Gasteiger partial charge < -0.3 is 9.15 Å². The van der Waals surface area contributed by atoms with Gasteiger partial charge in [0.2, 0.25) is 0 Å². The molecule has 0 atom stereocenters. The Morgan fingerprint density at radius 3 is 1.58 bits per heavy atom. The molecular weight excluding hydrogens is 320 g/mol. The second-order valence-electron chi connectivity index (χ2n) is 7.86. The Balaban J connectivity index is 1.25. The van der Waals surface area contributed by atoms with Gasteiger partial charge in [0.15, 0.2) is 11.3 Å². The largest absolute Gasteiger partial charge is 0.490 e. The second kappa shape index (κ2) is 13.9. The molecule has 0 N–H and O–H groups in total. The van der Waals surface area contributed by atoms with E-state index in [1.54, 1.807) is 0 Å². The van der Waals surface area contributed by atoms with Gasteiger partial charge in [0.1, 0.15) is 5.58 Å². The van der Waals surface area contributed by atoms with Crippen molar-refractivity contribution < 1.29 is 9.15 Å². The van der Waals surface area contributed by atoms with Gasteiger partial charge in [-0.2, -0.15) is 0 Å². The quantitative estimate of drug-likeness (QED) is 0.249. The fraction of sp³-hybridized carbons (Fsp3) is 0.750. The van der Waals surface area contributed by atoms with E-state index in [4.69, 9.17) is 9.15 Å². The smallest absolute Gasteiger partial charge is 0.169 e. The van der Waals surface area contributed by atoms with Crippen LogP contribution in [-0.4, -0.2) is 6.61 Å². The third-order valence-electron chi connectivity index (χ3n) is 5.40. The number of furan rings is 2. The number of ether oxygens (including phenoxy) is 1. The summed E-state index contributed by atoms with van der Waals surface area (Å²) in [5.74, 6) is 0.920. The van der Waals surface area contributed by atoms with Crippen LogP contribution in [0.25, 0.3) is 11.2 Å². The molecule has 0 spiro atoms. The standard InChI is InChI=1S/C24H40O2/c1-2-3-4-5-6-7-8-9-10-11-12-13-14-15-16-17-20-25-24-21-22-18-19-23(24)26-22/h18-19,21H,2-17,20H2,1H3. The van der Waals surface area contributed by atoms with Crippen molar-refractivity contribution >= 4 is 11.2 Å². The zero-order chi connectivity index (χ0) is 18.3. The zero-order valence-corrected chi connectivity index (χ0v) is 17.1. The van der Waals surface area contributed by atoms with E-state index in [-0.39, 0.29) is 0 Å². The summed E-state index contributed by atoms with van der Waals surface area (Å²) in [7, 11) is 0. The van der Waals surface area contributed by atoms with Crippen LogP contribution in [0.1, 0.15) is 110 Å². The summed E-state index contributed by atoms with van der Waals surface area (Å²) in [5, 5.41) is 0. The molecule has 2 nitrogen and oxygen atoms in total. The van der Waals surface area contributed by atoms with Crippen molar-refractivity contribution in [2.24, 2.45) is 0 Å². The lowest BCUT2D eigenvalue weighted by Crippen LogP contribution is -1.96. The molecule has 0 amide bonds. The molecule has 2 bridgehead atoms. The highest BCUT2D eigenvalue weighted by molar-refractivity contribution is 5.69. The summed E-state index contributed by atoms with van der Waals surface area (Å²) in [6.45, 7) is 3.11. The summed E-state index contributed by atoms with van der Waals surface area (Å²) in [5.41, 5.74) is 1.80. The molecular formula is C24H40O2. The predicted octanol–water partition coefficient (Wildman–Crippen LogP) is 8.51. The highest BCUT2D eigenvalue weighted by Crippen LogP contribution is 2.29. The third kappa shape index (κ3) is 8.96. The fourth-order valence-electron chi connectivity index (χ4n) is 3.71. The Labute approximate surface area is 161 Å². The normalized spacial score (nSPS) is 11.6. The molecule has 0 aliphatic carbocycles. The van der Waals surface area contributed by atoms with Crippen LogP contribution in [0, 0.1) is 0 Å². The molecule has 0 aliphatic rings. The summed E-state index contributed by atoms with van der Waals surface area (Å²) in [6.07, 6.45) is 22.5. The first-order valence-corrected chi connectivity index (χ1v) is 11.3. The van der Waals surface area contributed by atoms with Gasteiger partial charge in [-0.05, 0) is 18.6 Å². The minimum Gasteiger partial charge on any atom is -0.490 e. The molecule has 0 saturated heterocycles. The molecule has 2 heteroatoms. The maximum Gasteiger partial charge on any atom is 0.169 e. The maximum absolute atomic E-state index is 5.78. The summed E-state index contributed by atoms with van der Waals surface area (Å²) >= 11 is 0. The van der Waals surface area contributed by atoms with E-state index in [9.17, 15) is 0 Å². The minimum atomic E-state index is 0.818. The molecule has 0 aromatic carbocycles. The third-order valence-corrected chi connectivity index (χ3v) is 5.40. The van der Waals surface area contributed by atoms with Crippen molar-refractivity contribution in [2.75, 3.05) is 6.61 Å². The van der Waals surface area contributed by atoms with Crippen LogP contribution < -0.4 is 4.74 Å². The molecule has 2 aromatic heterocycles. The first-order chi connectivity index (χ1) is 12.9. The number of benzene rings is 1. The highest BCUT2D eigenvalue weighted by atomic mass is 16.5. The molecule has 0 saturated carbocycles. The van der Waals surface area contributed by atoms with Crippen molar-refractivity contribution in [3.8, 4) is 5.75 Å². The van der Waals surface area contributed by atoms with E-state index in [1.165, 1.54) is 96.3 Å². The number of hydrogen-bond acceptors (Lipinski definition) is 2. The van der Waals surface area contributed by atoms with E-state index in [0.29, 0.717) is 0 Å². The average molecular weight is 361 g/mol. The van der Waals surface area contributed by atoms with Gasteiger partial charge in [-0.25, -0.2) is 0 Å². The Morgan fingerprint density at radius 2 is 1.15 bits per heavy atom. The van der Waals surface area contributed by atoms with Crippen molar-refractivity contribution in [2.45, 2.75) is 110 Å². The van der Waals surface area contributed by atoms with Gasteiger partial charge >= 0.3 is 0 Å². The van der Waals surface area contributed by atoms with Gasteiger partial charge in [-0.1, -0.05) is 103 Å². The lowest BCUT2D eigenvalue weighted by atomic mass is 10.0. The molecule has 148 valence electrons. The molecule has 0 radical (unpaired) electrons. The zero-order valence-electron chi connectivity index (χ0n) is 17.1. The van der Waals surface area contributed by atoms with Gasteiger partial charge in [-0.15, -0.1) is 0 Å². The van der Waals surface area contributed by atoms with E-state index >= 15 is 0 Å². The summed E-state index contributed by atoms with van der Waals surface area (Å²) in [4.78, 5) is 0. The summed E-state index contributed by atoms with van der Waals surface area (Å²) < 4.78 is 11.3. The van der Waals surface area contributed by atoms with Gasteiger partial charge in [-0.3, -0.25) is 0 Å². The first-order valence-electron chi connectivity index (χ1n) is 11.3. The van der Waals surface area contributed by atoms with Crippen LogP contribution in [0.15, 0.2) is 22.6 Å². The number of unbranched alkanes of at least 4 members (excludes halogenated alkanes) is 15. The fourth-order valence-corrected chi connectivity index (χ4v) is 3.71. The maximum atomic E-state index is 5.78. The average Bonchev–Trinajstić information content (AvgIpc) is 3.27. The van der Waals surface area contributed by atoms with Gasteiger partial charge in [0, 0.05) is 6.07 Å². The number of fused-ring (bicyclic) bond motifs is 2.